The fourth-order valence-electron chi connectivity index (χ4n) is 2.13. The highest BCUT2D eigenvalue weighted by Crippen LogP contribution is 2.29. The van der Waals surface area contributed by atoms with Gasteiger partial charge in [0.25, 0.3) is 0 Å². The maximum absolute atomic E-state index is 5.21. The quantitative estimate of drug-likeness (QED) is 0.725. The summed E-state index contributed by atoms with van der Waals surface area (Å²) in [6, 6.07) is 0.593. The molecular weight excluding hydrogens is 188 g/mol. The molecule has 1 aliphatic rings. The van der Waals surface area contributed by atoms with Crippen LogP contribution in [0, 0.1) is 5.41 Å². The number of nitrogens with one attached hydrogen (secondary N) is 2. The summed E-state index contributed by atoms with van der Waals surface area (Å²) < 4.78 is 5.21. The van der Waals surface area contributed by atoms with E-state index in [0.29, 0.717) is 17.6 Å². The van der Waals surface area contributed by atoms with Crippen molar-refractivity contribution in [3.8, 4) is 0 Å². The topological polar surface area (TPSA) is 33.3 Å². The number of methoxy groups -OCH3 is 1. The Morgan fingerprint density at radius 1 is 1.53 bits per heavy atom. The molecule has 1 fully saturated rings. The van der Waals surface area contributed by atoms with Gasteiger partial charge in [0.1, 0.15) is 0 Å². The van der Waals surface area contributed by atoms with Gasteiger partial charge in [-0.2, -0.15) is 0 Å². The molecule has 3 nitrogen and oxygen atoms in total. The molecule has 2 N–H and O–H groups in total. The molecule has 0 amide bonds. The third-order valence-corrected chi connectivity index (χ3v) is 3.51. The molecule has 0 spiro atoms. The Morgan fingerprint density at radius 3 is 2.87 bits per heavy atom. The molecule has 1 rings (SSSR count). The minimum Gasteiger partial charge on any atom is -0.380 e. The van der Waals surface area contributed by atoms with Crippen molar-refractivity contribution in [2.45, 2.75) is 45.8 Å². The Morgan fingerprint density at radius 2 is 2.27 bits per heavy atom. The first-order valence-corrected chi connectivity index (χ1v) is 6.03. The molecule has 1 saturated heterocycles. The van der Waals surface area contributed by atoms with Gasteiger partial charge in [0.15, 0.2) is 0 Å². The lowest BCUT2D eigenvalue weighted by Gasteiger charge is -2.39. The first-order chi connectivity index (χ1) is 7.06. The molecule has 1 aliphatic heterocycles. The lowest BCUT2D eigenvalue weighted by molar-refractivity contribution is 0.111. The normalized spacial score (nSPS) is 27.6. The van der Waals surface area contributed by atoms with E-state index < -0.39 is 0 Å². The summed E-state index contributed by atoms with van der Waals surface area (Å²) in [6.07, 6.45) is 2.93. The summed E-state index contributed by atoms with van der Waals surface area (Å²) >= 11 is 0. The average Bonchev–Trinajstić information content (AvgIpc) is 2.20. The van der Waals surface area contributed by atoms with E-state index in [-0.39, 0.29) is 0 Å². The zero-order chi connectivity index (χ0) is 11.3. The number of hydrogen-bond acceptors (Lipinski definition) is 3. The van der Waals surface area contributed by atoms with Gasteiger partial charge in [-0.05, 0) is 31.7 Å². The Kier molecular flexibility index (Phi) is 5.03. The summed E-state index contributed by atoms with van der Waals surface area (Å²) in [5.74, 6) is 0. The lowest BCUT2D eigenvalue weighted by Crippen LogP contribution is -2.52. The molecule has 3 heteroatoms. The van der Waals surface area contributed by atoms with Crippen LogP contribution in [0.25, 0.3) is 0 Å². The second-order valence-corrected chi connectivity index (χ2v) is 5.30. The predicted molar refractivity (Wildman–Crippen MR) is 64.1 cm³/mol. The van der Waals surface area contributed by atoms with E-state index in [9.17, 15) is 0 Å². The molecule has 0 aromatic heterocycles. The van der Waals surface area contributed by atoms with E-state index in [1.165, 1.54) is 12.8 Å². The average molecular weight is 214 g/mol. The van der Waals surface area contributed by atoms with Crippen molar-refractivity contribution in [1.29, 1.82) is 0 Å². The van der Waals surface area contributed by atoms with Crippen LogP contribution < -0.4 is 10.6 Å². The van der Waals surface area contributed by atoms with Crippen LogP contribution in [0.4, 0.5) is 0 Å². The van der Waals surface area contributed by atoms with Gasteiger partial charge in [-0.1, -0.05) is 13.8 Å². The van der Waals surface area contributed by atoms with Gasteiger partial charge < -0.3 is 15.4 Å². The molecule has 0 bridgehead atoms. The summed E-state index contributed by atoms with van der Waals surface area (Å²) in [5.41, 5.74) is 0.418. The first-order valence-electron chi connectivity index (χ1n) is 6.03. The fraction of sp³-hybridized carbons (Fsp3) is 1.00. The van der Waals surface area contributed by atoms with Crippen molar-refractivity contribution in [2.75, 3.05) is 26.7 Å². The second-order valence-electron chi connectivity index (χ2n) is 5.30. The van der Waals surface area contributed by atoms with Crippen LogP contribution in [-0.4, -0.2) is 38.9 Å². The standard InChI is InChI=1S/C12H26N2O/c1-10(15-4)8-13-9-11-12(2,3)6-5-7-14-11/h10-11,13-14H,5-9H2,1-4H3. The van der Waals surface area contributed by atoms with Crippen LogP contribution in [-0.2, 0) is 4.74 Å². The smallest absolute Gasteiger partial charge is 0.0667 e. The number of hydrogen-bond donors (Lipinski definition) is 2. The molecule has 0 saturated carbocycles. The van der Waals surface area contributed by atoms with Crippen molar-refractivity contribution < 1.29 is 4.74 Å². The Bertz CT molecular complexity index is 182. The van der Waals surface area contributed by atoms with Crippen LogP contribution in [0.1, 0.15) is 33.6 Å². The van der Waals surface area contributed by atoms with Crippen LogP contribution in [0.15, 0.2) is 0 Å². The number of piperidine rings is 1. The van der Waals surface area contributed by atoms with Gasteiger partial charge in [-0.25, -0.2) is 0 Å². The molecule has 1 heterocycles. The minimum absolute atomic E-state index is 0.303. The van der Waals surface area contributed by atoms with Crippen molar-refractivity contribution in [1.82, 2.24) is 10.6 Å². The van der Waals surface area contributed by atoms with E-state index in [4.69, 9.17) is 4.74 Å². The van der Waals surface area contributed by atoms with E-state index in [2.05, 4.69) is 31.4 Å². The SMILES string of the molecule is COC(C)CNCC1NCCCC1(C)C. The number of rotatable bonds is 5. The molecule has 0 aromatic carbocycles. The van der Waals surface area contributed by atoms with Gasteiger partial charge in [0.2, 0.25) is 0 Å². The van der Waals surface area contributed by atoms with E-state index in [0.717, 1.165) is 19.6 Å². The minimum atomic E-state index is 0.303. The van der Waals surface area contributed by atoms with E-state index in [1.807, 2.05) is 0 Å². The summed E-state index contributed by atoms with van der Waals surface area (Å²) in [4.78, 5) is 0. The molecule has 2 atom stereocenters. The Balaban J connectivity index is 2.24. The highest BCUT2D eigenvalue weighted by Gasteiger charge is 2.31. The van der Waals surface area contributed by atoms with Gasteiger partial charge in [0.05, 0.1) is 6.10 Å². The van der Waals surface area contributed by atoms with Crippen molar-refractivity contribution >= 4 is 0 Å². The zero-order valence-corrected chi connectivity index (χ0v) is 10.6. The molecular formula is C12H26N2O. The van der Waals surface area contributed by atoms with Crippen molar-refractivity contribution in [3.63, 3.8) is 0 Å². The van der Waals surface area contributed by atoms with Crippen LogP contribution in [0.5, 0.6) is 0 Å². The van der Waals surface area contributed by atoms with Crippen LogP contribution >= 0.6 is 0 Å². The van der Waals surface area contributed by atoms with E-state index in [1.54, 1.807) is 7.11 Å². The lowest BCUT2D eigenvalue weighted by atomic mass is 9.77. The summed E-state index contributed by atoms with van der Waals surface area (Å²) in [6.45, 7) is 9.93. The van der Waals surface area contributed by atoms with Crippen molar-refractivity contribution in [3.05, 3.63) is 0 Å². The maximum Gasteiger partial charge on any atom is 0.0667 e. The molecule has 0 radical (unpaired) electrons. The van der Waals surface area contributed by atoms with Gasteiger partial charge in [0, 0.05) is 26.2 Å². The largest absolute Gasteiger partial charge is 0.380 e. The first kappa shape index (κ1) is 12.9. The highest BCUT2D eigenvalue weighted by atomic mass is 16.5. The van der Waals surface area contributed by atoms with Gasteiger partial charge in [-0.15, -0.1) is 0 Å². The second kappa shape index (κ2) is 5.83. The highest BCUT2D eigenvalue weighted by molar-refractivity contribution is 4.89. The van der Waals surface area contributed by atoms with Gasteiger partial charge in [-0.3, -0.25) is 0 Å². The molecule has 90 valence electrons. The summed E-state index contributed by atoms with van der Waals surface area (Å²) in [7, 11) is 1.76. The van der Waals surface area contributed by atoms with Crippen LogP contribution in [0.3, 0.4) is 0 Å². The predicted octanol–water partition coefficient (Wildman–Crippen LogP) is 1.39. The summed E-state index contributed by atoms with van der Waals surface area (Å²) in [5, 5.41) is 7.07. The number of ether oxygens (including phenoxy) is 1. The molecule has 0 aliphatic carbocycles. The third kappa shape index (κ3) is 4.09. The Hall–Kier alpha value is -0.120. The monoisotopic (exact) mass is 214 g/mol. The Labute approximate surface area is 94.0 Å². The van der Waals surface area contributed by atoms with Gasteiger partial charge >= 0.3 is 0 Å². The molecule has 0 aromatic rings. The van der Waals surface area contributed by atoms with Crippen molar-refractivity contribution in [2.24, 2.45) is 5.41 Å². The third-order valence-electron chi connectivity index (χ3n) is 3.51. The fourth-order valence-corrected chi connectivity index (χ4v) is 2.13. The van der Waals surface area contributed by atoms with Crippen LogP contribution in [0.2, 0.25) is 0 Å². The molecule has 15 heavy (non-hydrogen) atoms. The van der Waals surface area contributed by atoms with E-state index >= 15 is 0 Å². The maximum atomic E-state index is 5.21. The zero-order valence-electron chi connectivity index (χ0n) is 10.6. The molecule has 2 unspecified atom stereocenters.